The molecule has 2 saturated carbocycles. The number of rotatable bonds is 4. The molecule has 0 saturated heterocycles. The van der Waals surface area contributed by atoms with Crippen LogP contribution >= 0.6 is 0 Å². The minimum atomic E-state index is -0.00882. The summed E-state index contributed by atoms with van der Waals surface area (Å²) in [6, 6.07) is 0.161. The van der Waals surface area contributed by atoms with Crippen molar-refractivity contribution in [1.82, 2.24) is 0 Å². The van der Waals surface area contributed by atoms with E-state index in [-0.39, 0.29) is 17.5 Å². The van der Waals surface area contributed by atoms with Crippen LogP contribution in [0.25, 0.3) is 0 Å². The van der Waals surface area contributed by atoms with E-state index >= 15 is 0 Å². The van der Waals surface area contributed by atoms with Gasteiger partial charge in [0.15, 0.2) is 0 Å². The summed E-state index contributed by atoms with van der Waals surface area (Å²) in [5.74, 6) is 4.16. The summed E-state index contributed by atoms with van der Waals surface area (Å²) in [7, 11) is 0. The highest BCUT2D eigenvalue weighted by molar-refractivity contribution is 5.34. The molecule has 0 amide bonds. The van der Waals surface area contributed by atoms with Crippen LogP contribution in [0.5, 0.6) is 0 Å². The first-order valence-corrected chi connectivity index (χ1v) is 10.7. The maximum atomic E-state index is 11.0. The second kappa shape index (κ2) is 8.41. The van der Waals surface area contributed by atoms with Gasteiger partial charge in [0.1, 0.15) is 0 Å². The Balaban J connectivity index is 2.25. The van der Waals surface area contributed by atoms with Gasteiger partial charge in [-0.15, -0.1) is 0 Å². The van der Waals surface area contributed by atoms with E-state index in [1.54, 1.807) is 6.08 Å². The van der Waals surface area contributed by atoms with Gasteiger partial charge < -0.3 is 0 Å². The van der Waals surface area contributed by atoms with Crippen LogP contribution in [0.15, 0.2) is 9.98 Å². The van der Waals surface area contributed by atoms with Crippen LogP contribution in [0.1, 0.15) is 68.2 Å². The van der Waals surface area contributed by atoms with Crippen LogP contribution in [0.2, 0.25) is 0 Å². The SMILES string of the molecule is CC1CC(N=C=O)C(C)C(C)C1CC1C(C)C(C)C(N=C=O)C(C)(C)C1C. The largest absolute Gasteiger partial charge is 0.235 e. The molecule has 4 heteroatoms. The highest BCUT2D eigenvalue weighted by atomic mass is 16.1. The quantitative estimate of drug-likeness (QED) is 0.496. The third-order valence-electron chi connectivity index (χ3n) is 8.99. The molecular weight excluding hydrogens is 336 g/mol. The van der Waals surface area contributed by atoms with Crippen LogP contribution in [0.3, 0.4) is 0 Å². The topological polar surface area (TPSA) is 58.9 Å². The molecule has 2 rings (SSSR count). The molecule has 2 fully saturated rings. The molecule has 2 aliphatic carbocycles. The van der Waals surface area contributed by atoms with Crippen LogP contribution in [-0.2, 0) is 9.59 Å². The lowest BCUT2D eigenvalue weighted by molar-refractivity contribution is -0.0402. The second-order valence-electron chi connectivity index (χ2n) is 10.3. The number of hydrogen-bond acceptors (Lipinski definition) is 4. The second-order valence-corrected chi connectivity index (χ2v) is 10.3. The molecule has 10 atom stereocenters. The Labute approximate surface area is 165 Å². The number of aliphatic imine (C=N–C) groups is 2. The number of carbonyl (C=O) groups excluding carboxylic acids is 2. The molecule has 0 spiro atoms. The summed E-state index contributed by atoms with van der Waals surface area (Å²) in [6.45, 7) is 18.4. The molecule has 0 aromatic carbocycles. The molecule has 10 unspecified atom stereocenters. The lowest BCUT2D eigenvalue weighted by Gasteiger charge is -2.54. The van der Waals surface area contributed by atoms with Crippen molar-refractivity contribution in [2.24, 2.45) is 62.7 Å². The lowest BCUT2D eigenvalue weighted by atomic mass is 9.52. The zero-order valence-corrected chi connectivity index (χ0v) is 18.4. The van der Waals surface area contributed by atoms with Crippen molar-refractivity contribution in [3.63, 3.8) is 0 Å². The fourth-order valence-electron chi connectivity index (χ4n) is 6.42. The van der Waals surface area contributed by atoms with E-state index in [0.717, 1.165) is 6.42 Å². The summed E-state index contributed by atoms with van der Waals surface area (Å²) in [6.07, 6.45) is 5.81. The van der Waals surface area contributed by atoms with Gasteiger partial charge in [-0.05, 0) is 65.6 Å². The fourth-order valence-corrected chi connectivity index (χ4v) is 6.42. The Hall–Kier alpha value is -1.24. The molecule has 4 nitrogen and oxygen atoms in total. The molecular formula is C23H38N2O2. The van der Waals surface area contributed by atoms with Gasteiger partial charge in [0.05, 0.1) is 12.1 Å². The van der Waals surface area contributed by atoms with E-state index in [0.29, 0.717) is 47.3 Å². The Morgan fingerprint density at radius 2 is 1.37 bits per heavy atom. The summed E-state index contributed by atoms with van der Waals surface area (Å²) >= 11 is 0. The Morgan fingerprint density at radius 3 is 1.93 bits per heavy atom. The maximum Gasteiger partial charge on any atom is 0.235 e. The highest BCUT2D eigenvalue weighted by Gasteiger charge is 2.51. The molecule has 0 aromatic heterocycles. The lowest BCUT2D eigenvalue weighted by Crippen LogP contribution is -2.52. The zero-order chi connectivity index (χ0) is 20.5. The molecule has 0 aromatic rings. The smallest absolute Gasteiger partial charge is 0.211 e. The van der Waals surface area contributed by atoms with Crippen molar-refractivity contribution in [2.75, 3.05) is 0 Å². The van der Waals surface area contributed by atoms with E-state index in [1.165, 1.54) is 6.42 Å². The van der Waals surface area contributed by atoms with E-state index in [2.05, 4.69) is 65.4 Å². The minimum Gasteiger partial charge on any atom is -0.211 e. The molecule has 0 radical (unpaired) electrons. The third-order valence-corrected chi connectivity index (χ3v) is 8.99. The molecule has 2 aliphatic rings. The summed E-state index contributed by atoms with van der Waals surface area (Å²) < 4.78 is 0. The Morgan fingerprint density at radius 1 is 0.815 bits per heavy atom. The van der Waals surface area contributed by atoms with Gasteiger partial charge in [-0.3, -0.25) is 0 Å². The van der Waals surface area contributed by atoms with E-state index in [1.807, 2.05) is 6.08 Å². The standard InChI is InChI=1S/C23H38N2O2/c1-13-9-21(24-11-26)16(4)14(2)19(13)10-20-15(3)17(5)22(25-12-27)23(7,8)18(20)6/h13-22H,9-10H2,1-8H3. The van der Waals surface area contributed by atoms with Gasteiger partial charge in [-0.25, -0.2) is 19.6 Å². The molecule has 0 N–H and O–H groups in total. The Bertz CT molecular complexity index is 618. The van der Waals surface area contributed by atoms with Crippen molar-refractivity contribution in [3.05, 3.63) is 0 Å². The highest BCUT2D eigenvalue weighted by Crippen LogP contribution is 2.54. The van der Waals surface area contributed by atoms with E-state index < -0.39 is 0 Å². The average molecular weight is 375 g/mol. The predicted molar refractivity (Wildman–Crippen MR) is 109 cm³/mol. The van der Waals surface area contributed by atoms with Crippen molar-refractivity contribution < 1.29 is 9.59 Å². The predicted octanol–water partition coefficient (Wildman–Crippen LogP) is 5.28. The summed E-state index contributed by atoms with van der Waals surface area (Å²) in [4.78, 5) is 30.1. The zero-order valence-electron chi connectivity index (χ0n) is 18.4. The van der Waals surface area contributed by atoms with Crippen molar-refractivity contribution in [3.8, 4) is 0 Å². The minimum absolute atomic E-state index is 0.00882. The van der Waals surface area contributed by atoms with Crippen LogP contribution < -0.4 is 0 Å². The first kappa shape index (κ1) is 22.1. The Kier molecular flexibility index (Phi) is 6.87. The van der Waals surface area contributed by atoms with Crippen molar-refractivity contribution >= 4 is 12.2 Å². The summed E-state index contributed by atoms with van der Waals surface area (Å²) in [5.41, 5.74) is -0.00882. The third kappa shape index (κ3) is 3.98. The number of nitrogens with zero attached hydrogens (tertiary/aromatic N) is 2. The van der Waals surface area contributed by atoms with Crippen molar-refractivity contribution in [1.29, 1.82) is 0 Å². The van der Waals surface area contributed by atoms with E-state index in [4.69, 9.17) is 0 Å². The van der Waals surface area contributed by atoms with Gasteiger partial charge in [0.25, 0.3) is 0 Å². The number of isocyanates is 2. The van der Waals surface area contributed by atoms with Gasteiger partial charge in [0, 0.05) is 0 Å². The fraction of sp³-hybridized carbons (Fsp3) is 0.913. The normalized spacial score (nSPS) is 46.8. The number of hydrogen-bond donors (Lipinski definition) is 0. The summed E-state index contributed by atoms with van der Waals surface area (Å²) in [5, 5.41) is 0. The van der Waals surface area contributed by atoms with Crippen LogP contribution in [0.4, 0.5) is 0 Å². The monoisotopic (exact) mass is 374 g/mol. The van der Waals surface area contributed by atoms with Crippen LogP contribution in [-0.4, -0.2) is 24.2 Å². The molecule has 0 aliphatic heterocycles. The van der Waals surface area contributed by atoms with Crippen molar-refractivity contribution in [2.45, 2.75) is 80.3 Å². The molecule has 152 valence electrons. The van der Waals surface area contributed by atoms with Gasteiger partial charge in [-0.2, -0.15) is 0 Å². The van der Waals surface area contributed by atoms with Gasteiger partial charge in [0.2, 0.25) is 12.2 Å². The first-order chi connectivity index (χ1) is 12.6. The first-order valence-electron chi connectivity index (χ1n) is 10.7. The molecule has 27 heavy (non-hydrogen) atoms. The maximum absolute atomic E-state index is 11.0. The van der Waals surface area contributed by atoms with Gasteiger partial charge >= 0.3 is 0 Å². The average Bonchev–Trinajstić information content (AvgIpc) is 2.61. The van der Waals surface area contributed by atoms with Crippen LogP contribution in [0, 0.1) is 52.8 Å². The molecule has 0 heterocycles. The van der Waals surface area contributed by atoms with Gasteiger partial charge in [-0.1, -0.05) is 55.4 Å². The molecule has 0 bridgehead atoms. The van der Waals surface area contributed by atoms with E-state index in [9.17, 15) is 9.59 Å².